The van der Waals surface area contributed by atoms with Crippen molar-refractivity contribution >= 4 is 11.6 Å². The molecule has 0 spiro atoms. The number of carbonyl (C=O) groups is 1. The minimum Gasteiger partial charge on any atom is -0.384 e. The SMILES string of the molecule is CC(C(=O)c1c(N)n(C)c(=O)n(C)c1=O)N1CCC(CCc2ccccc2)CC1. The summed E-state index contributed by atoms with van der Waals surface area (Å²) in [5.41, 5.74) is 6.06. The van der Waals surface area contributed by atoms with Gasteiger partial charge >= 0.3 is 5.69 Å². The Morgan fingerprint density at radius 2 is 1.72 bits per heavy atom. The van der Waals surface area contributed by atoms with E-state index in [9.17, 15) is 14.4 Å². The van der Waals surface area contributed by atoms with Gasteiger partial charge in [-0.15, -0.1) is 0 Å². The molecule has 0 radical (unpaired) electrons. The van der Waals surface area contributed by atoms with E-state index in [0.29, 0.717) is 5.92 Å². The van der Waals surface area contributed by atoms with Gasteiger partial charge in [-0.1, -0.05) is 30.3 Å². The quantitative estimate of drug-likeness (QED) is 0.746. The molecule has 1 atom stereocenters. The van der Waals surface area contributed by atoms with Gasteiger partial charge in [-0.05, 0) is 57.2 Å². The molecule has 1 aromatic carbocycles. The largest absolute Gasteiger partial charge is 0.384 e. The number of aromatic nitrogens is 2. The molecule has 1 aliphatic heterocycles. The number of likely N-dealkylation sites (tertiary alicyclic amines) is 1. The third kappa shape index (κ3) is 4.34. The van der Waals surface area contributed by atoms with Crippen molar-refractivity contribution < 1.29 is 4.79 Å². The summed E-state index contributed by atoms with van der Waals surface area (Å²) in [6.45, 7) is 3.45. The number of nitrogens with two attached hydrogens (primary N) is 1. The summed E-state index contributed by atoms with van der Waals surface area (Å²) >= 11 is 0. The summed E-state index contributed by atoms with van der Waals surface area (Å²) in [4.78, 5) is 39.6. The van der Waals surface area contributed by atoms with E-state index >= 15 is 0 Å². The fourth-order valence-electron chi connectivity index (χ4n) is 4.11. The van der Waals surface area contributed by atoms with Crippen molar-refractivity contribution in [3.05, 3.63) is 62.3 Å². The highest BCUT2D eigenvalue weighted by Gasteiger charge is 2.30. The fraction of sp³-hybridized carbons (Fsp3) is 0.500. The molecule has 0 bridgehead atoms. The number of nitrogens with zero attached hydrogens (tertiary/aromatic N) is 3. The molecule has 2 heterocycles. The highest BCUT2D eigenvalue weighted by Crippen LogP contribution is 2.24. The van der Waals surface area contributed by atoms with Crippen molar-refractivity contribution in [2.45, 2.75) is 38.6 Å². The van der Waals surface area contributed by atoms with Crippen molar-refractivity contribution in [2.75, 3.05) is 18.8 Å². The zero-order chi connectivity index (χ0) is 21.1. The Bertz CT molecular complexity index is 986. The van der Waals surface area contributed by atoms with Crippen LogP contribution in [0.4, 0.5) is 5.82 Å². The molecule has 7 heteroatoms. The number of hydrogen-bond acceptors (Lipinski definition) is 5. The summed E-state index contributed by atoms with van der Waals surface area (Å²) in [6.07, 6.45) is 4.29. The lowest BCUT2D eigenvalue weighted by Crippen LogP contribution is -2.48. The van der Waals surface area contributed by atoms with Crippen molar-refractivity contribution in [1.29, 1.82) is 0 Å². The van der Waals surface area contributed by atoms with E-state index in [1.54, 1.807) is 0 Å². The Morgan fingerprint density at radius 1 is 1.10 bits per heavy atom. The van der Waals surface area contributed by atoms with Gasteiger partial charge in [-0.2, -0.15) is 0 Å². The monoisotopic (exact) mass is 398 g/mol. The molecule has 0 amide bonds. The van der Waals surface area contributed by atoms with E-state index in [4.69, 9.17) is 5.73 Å². The zero-order valence-corrected chi connectivity index (χ0v) is 17.4. The minimum atomic E-state index is -0.625. The first-order valence-corrected chi connectivity index (χ1v) is 10.2. The van der Waals surface area contributed by atoms with Gasteiger partial charge in [0.15, 0.2) is 5.78 Å². The number of piperidine rings is 1. The normalized spacial score (nSPS) is 16.7. The van der Waals surface area contributed by atoms with E-state index in [0.717, 1.165) is 47.9 Å². The Balaban J connectivity index is 1.64. The molecule has 0 aliphatic carbocycles. The molecular formula is C22H30N4O3. The lowest BCUT2D eigenvalue weighted by Gasteiger charge is -2.35. The molecule has 2 aromatic rings. The number of rotatable bonds is 6. The van der Waals surface area contributed by atoms with E-state index in [2.05, 4.69) is 29.2 Å². The number of ketones is 1. The minimum absolute atomic E-state index is 0.0623. The van der Waals surface area contributed by atoms with E-state index in [1.807, 2.05) is 13.0 Å². The van der Waals surface area contributed by atoms with Gasteiger partial charge in [0.25, 0.3) is 5.56 Å². The Kier molecular flexibility index (Phi) is 6.37. The Morgan fingerprint density at radius 3 is 2.34 bits per heavy atom. The summed E-state index contributed by atoms with van der Waals surface area (Å²) < 4.78 is 2.09. The number of anilines is 1. The third-order valence-electron chi connectivity index (χ3n) is 6.22. The second kappa shape index (κ2) is 8.78. The molecule has 1 aliphatic rings. The summed E-state index contributed by atoms with van der Waals surface area (Å²) in [6, 6.07) is 10.0. The molecule has 7 nitrogen and oxygen atoms in total. The van der Waals surface area contributed by atoms with Gasteiger partial charge in [0.1, 0.15) is 11.4 Å². The maximum atomic E-state index is 13.0. The number of hydrogen-bond donors (Lipinski definition) is 1. The highest BCUT2D eigenvalue weighted by atomic mass is 16.2. The van der Waals surface area contributed by atoms with Crippen LogP contribution in [0.25, 0.3) is 0 Å². The number of nitrogen functional groups attached to an aromatic ring is 1. The molecule has 1 saturated heterocycles. The molecule has 0 saturated carbocycles. The second-order valence-electron chi connectivity index (χ2n) is 8.01. The third-order valence-corrected chi connectivity index (χ3v) is 6.22. The number of aryl methyl sites for hydroxylation is 1. The van der Waals surface area contributed by atoms with Gasteiger partial charge in [-0.3, -0.25) is 23.6 Å². The van der Waals surface area contributed by atoms with E-state index < -0.39 is 17.3 Å². The van der Waals surface area contributed by atoms with Crippen LogP contribution in [0.15, 0.2) is 39.9 Å². The molecule has 3 rings (SSSR count). The fourth-order valence-corrected chi connectivity index (χ4v) is 4.11. The maximum Gasteiger partial charge on any atom is 0.332 e. The standard InChI is InChI=1S/C22H30N4O3/c1-15(19(27)18-20(23)24(2)22(29)25(3)21(18)28)26-13-11-17(12-14-26)10-9-16-7-5-4-6-8-16/h4-8,15,17H,9-14,23H2,1-3H3. The Labute approximate surface area is 170 Å². The van der Waals surface area contributed by atoms with Gasteiger partial charge in [-0.25, -0.2) is 4.79 Å². The topological polar surface area (TPSA) is 90.3 Å². The van der Waals surface area contributed by atoms with Crippen LogP contribution in [0.3, 0.4) is 0 Å². The van der Waals surface area contributed by atoms with Gasteiger partial charge in [0, 0.05) is 14.1 Å². The second-order valence-corrected chi connectivity index (χ2v) is 8.01. The lowest BCUT2D eigenvalue weighted by molar-refractivity contribution is 0.0765. The molecule has 1 aromatic heterocycles. The van der Waals surface area contributed by atoms with E-state index in [1.165, 1.54) is 19.7 Å². The summed E-state index contributed by atoms with van der Waals surface area (Å²) in [7, 11) is 2.83. The van der Waals surface area contributed by atoms with E-state index in [-0.39, 0.29) is 17.2 Å². The molecular weight excluding hydrogens is 368 g/mol. The first-order valence-electron chi connectivity index (χ1n) is 10.2. The molecule has 2 N–H and O–H groups in total. The number of carbonyl (C=O) groups excluding carboxylic acids is 1. The van der Waals surface area contributed by atoms with Crippen LogP contribution in [0.1, 0.15) is 42.1 Å². The number of benzene rings is 1. The lowest BCUT2D eigenvalue weighted by atomic mass is 9.89. The van der Waals surface area contributed by atoms with Crippen LogP contribution >= 0.6 is 0 Å². The van der Waals surface area contributed by atoms with Crippen molar-refractivity contribution in [2.24, 2.45) is 20.0 Å². The van der Waals surface area contributed by atoms with Crippen LogP contribution in [-0.4, -0.2) is 38.9 Å². The molecule has 156 valence electrons. The van der Waals surface area contributed by atoms with Gasteiger partial charge in [0.05, 0.1) is 6.04 Å². The van der Waals surface area contributed by atoms with Crippen LogP contribution in [-0.2, 0) is 20.5 Å². The first-order chi connectivity index (χ1) is 13.8. The molecule has 29 heavy (non-hydrogen) atoms. The van der Waals surface area contributed by atoms with Gasteiger partial charge in [0.2, 0.25) is 0 Å². The predicted molar refractivity (Wildman–Crippen MR) is 114 cm³/mol. The van der Waals surface area contributed by atoms with Crippen LogP contribution < -0.4 is 17.0 Å². The Hall–Kier alpha value is -2.67. The van der Waals surface area contributed by atoms with Gasteiger partial charge < -0.3 is 5.73 Å². The van der Waals surface area contributed by atoms with Crippen LogP contribution in [0.2, 0.25) is 0 Å². The maximum absolute atomic E-state index is 13.0. The smallest absolute Gasteiger partial charge is 0.332 e. The average Bonchev–Trinajstić information content (AvgIpc) is 2.75. The van der Waals surface area contributed by atoms with Crippen molar-refractivity contribution in [3.63, 3.8) is 0 Å². The first kappa shape index (κ1) is 21.0. The van der Waals surface area contributed by atoms with Crippen LogP contribution in [0, 0.1) is 5.92 Å². The highest BCUT2D eigenvalue weighted by molar-refractivity contribution is 6.03. The van der Waals surface area contributed by atoms with Crippen molar-refractivity contribution in [1.82, 2.24) is 14.0 Å². The zero-order valence-electron chi connectivity index (χ0n) is 17.4. The molecule has 1 fully saturated rings. The number of Topliss-reactive ketones (excluding diaryl/α,β-unsaturated/α-hetero) is 1. The van der Waals surface area contributed by atoms with Crippen molar-refractivity contribution in [3.8, 4) is 0 Å². The van der Waals surface area contributed by atoms with Crippen LogP contribution in [0.5, 0.6) is 0 Å². The summed E-state index contributed by atoms with van der Waals surface area (Å²) in [5.74, 6) is 0.262. The molecule has 1 unspecified atom stereocenters. The summed E-state index contributed by atoms with van der Waals surface area (Å²) in [5, 5.41) is 0. The predicted octanol–water partition coefficient (Wildman–Crippen LogP) is 1.58. The average molecular weight is 399 g/mol.